The number of β-amino-alcohol motifs (C(OH)–C–C–N with tert-alkyl or cyclic N) is 1. The van der Waals surface area contributed by atoms with Crippen molar-refractivity contribution in [2.45, 2.75) is 25.5 Å². The van der Waals surface area contributed by atoms with Gasteiger partial charge in [0, 0.05) is 32.2 Å². The van der Waals surface area contributed by atoms with Gasteiger partial charge in [-0.1, -0.05) is 19.1 Å². The lowest BCUT2D eigenvalue weighted by Gasteiger charge is -2.33. The molecule has 1 heterocycles. The highest BCUT2D eigenvalue weighted by molar-refractivity contribution is 5.19. The number of morpholine rings is 1. The summed E-state index contributed by atoms with van der Waals surface area (Å²) in [6, 6.07) is 6.84. The Morgan fingerprint density at radius 2 is 1.91 bits per heavy atom. The molecule has 1 N–H and O–H groups in total. The van der Waals surface area contributed by atoms with Gasteiger partial charge in [0.2, 0.25) is 0 Å². The fourth-order valence-corrected chi connectivity index (χ4v) is 3.09. The Balaban J connectivity index is 1.87. The van der Waals surface area contributed by atoms with Crippen LogP contribution in [0.5, 0.6) is 0 Å². The van der Waals surface area contributed by atoms with E-state index in [1.807, 2.05) is 19.2 Å². The van der Waals surface area contributed by atoms with Crippen molar-refractivity contribution < 1.29 is 14.2 Å². The zero-order valence-corrected chi connectivity index (χ0v) is 13.5. The summed E-state index contributed by atoms with van der Waals surface area (Å²) < 4.78 is 18.4. The van der Waals surface area contributed by atoms with Crippen molar-refractivity contribution in [2.24, 2.45) is 0 Å². The second-order valence-corrected chi connectivity index (χ2v) is 5.98. The minimum Gasteiger partial charge on any atom is -0.390 e. The Bertz CT molecular complexity index is 435. The lowest BCUT2D eigenvalue weighted by Crippen LogP contribution is -2.44. The Morgan fingerprint density at radius 3 is 2.50 bits per heavy atom. The standard InChI is InChI=1S/C17H27FN2O2/c1-3-17(14-4-6-15(18)7-5-14)19(2)12-16(21)13-20-8-10-22-11-9-20/h4-7,16-17,21H,3,8-13H2,1-2H3. The van der Waals surface area contributed by atoms with Crippen molar-refractivity contribution in [1.29, 1.82) is 0 Å². The van der Waals surface area contributed by atoms with Crippen LogP contribution in [0.15, 0.2) is 24.3 Å². The number of hydrogen-bond acceptors (Lipinski definition) is 4. The molecule has 1 aromatic rings. The lowest BCUT2D eigenvalue weighted by molar-refractivity contribution is 0.00554. The van der Waals surface area contributed by atoms with Crippen LogP contribution < -0.4 is 0 Å². The SMILES string of the molecule is CCC(c1ccc(F)cc1)N(C)CC(O)CN1CCOCC1. The van der Waals surface area contributed by atoms with E-state index in [1.54, 1.807) is 0 Å². The van der Waals surface area contributed by atoms with Gasteiger partial charge in [0.25, 0.3) is 0 Å². The van der Waals surface area contributed by atoms with Crippen molar-refractivity contribution in [1.82, 2.24) is 9.80 Å². The summed E-state index contributed by atoms with van der Waals surface area (Å²) in [5.41, 5.74) is 1.09. The molecule has 1 fully saturated rings. The van der Waals surface area contributed by atoms with Crippen molar-refractivity contribution in [3.8, 4) is 0 Å². The molecule has 0 amide bonds. The van der Waals surface area contributed by atoms with Crippen molar-refractivity contribution in [3.05, 3.63) is 35.6 Å². The first-order chi connectivity index (χ1) is 10.6. The van der Waals surface area contributed by atoms with Gasteiger partial charge in [-0.25, -0.2) is 4.39 Å². The molecule has 1 aliphatic rings. The molecule has 1 aromatic carbocycles. The summed E-state index contributed by atoms with van der Waals surface area (Å²) in [6.45, 7) is 6.65. The van der Waals surface area contributed by atoms with Gasteiger partial charge in [-0.2, -0.15) is 0 Å². The van der Waals surface area contributed by atoms with E-state index in [9.17, 15) is 9.50 Å². The van der Waals surface area contributed by atoms with Crippen molar-refractivity contribution in [3.63, 3.8) is 0 Å². The summed E-state index contributed by atoms with van der Waals surface area (Å²) in [5.74, 6) is -0.214. The van der Waals surface area contributed by atoms with Crippen LogP contribution in [0.3, 0.4) is 0 Å². The predicted octanol–water partition coefficient (Wildman–Crippen LogP) is 1.90. The van der Waals surface area contributed by atoms with Crippen molar-refractivity contribution >= 4 is 0 Å². The molecular formula is C17H27FN2O2. The molecule has 124 valence electrons. The summed E-state index contributed by atoms with van der Waals surface area (Å²) >= 11 is 0. The Labute approximate surface area is 132 Å². The summed E-state index contributed by atoms with van der Waals surface area (Å²) in [7, 11) is 2.01. The van der Waals surface area contributed by atoms with E-state index in [4.69, 9.17) is 4.74 Å². The number of nitrogens with zero attached hydrogens (tertiary/aromatic N) is 2. The number of ether oxygens (including phenoxy) is 1. The van der Waals surface area contributed by atoms with Crippen LogP contribution in [0.4, 0.5) is 4.39 Å². The van der Waals surface area contributed by atoms with Crippen LogP contribution >= 0.6 is 0 Å². The van der Waals surface area contributed by atoms with Gasteiger partial charge in [0.05, 0.1) is 19.3 Å². The van der Waals surface area contributed by atoms with Gasteiger partial charge in [0.1, 0.15) is 5.82 Å². The number of aliphatic hydroxyl groups excluding tert-OH is 1. The van der Waals surface area contributed by atoms with Crippen LogP contribution in [-0.4, -0.2) is 67.5 Å². The number of rotatable bonds is 7. The zero-order chi connectivity index (χ0) is 15.9. The number of likely N-dealkylation sites (N-methyl/N-ethyl adjacent to an activating group) is 1. The molecule has 1 saturated heterocycles. The Kier molecular flexibility index (Phi) is 6.76. The van der Waals surface area contributed by atoms with E-state index in [-0.39, 0.29) is 11.9 Å². The molecule has 4 nitrogen and oxygen atoms in total. The molecule has 1 aliphatic heterocycles. The molecule has 0 aromatic heterocycles. The smallest absolute Gasteiger partial charge is 0.123 e. The van der Waals surface area contributed by atoms with Crippen LogP contribution in [0, 0.1) is 5.82 Å². The third-order valence-electron chi connectivity index (χ3n) is 4.24. The molecule has 0 bridgehead atoms. The molecule has 2 rings (SSSR count). The second-order valence-electron chi connectivity index (χ2n) is 5.98. The summed E-state index contributed by atoms with van der Waals surface area (Å²) in [6.07, 6.45) is 0.532. The van der Waals surface area contributed by atoms with Crippen LogP contribution in [-0.2, 0) is 4.74 Å². The maximum atomic E-state index is 13.1. The molecule has 0 radical (unpaired) electrons. The molecule has 0 aliphatic carbocycles. The quantitative estimate of drug-likeness (QED) is 0.834. The van der Waals surface area contributed by atoms with E-state index < -0.39 is 6.10 Å². The minimum atomic E-state index is -0.391. The molecular weight excluding hydrogens is 283 g/mol. The first-order valence-electron chi connectivity index (χ1n) is 8.04. The average Bonchev–Trinajstić information content (AvgIpc) is 2.50. The summed E-state index contributed by atoms with van der Waals surface area (Å²) in [5, 5.41) is 10.3. The first-order valence-corrected chi connectivity index (χ1v) is 8.04. The predicted molar refractivity (Wildman–Crippen MR) is 85.3 cm³/mol. The van der Waals surface area contributed by atoms with Gasteiger partial charge in [-0.05, 0) is 31.2 Å². The molecule has 5 heteroatoms. The van der Waals surface area contributed by atoms with E-state index in [2.05, 4.69) is 16.7 Å². The molecule has 22 heavy (non-hydrogen) atoms. The topological polar surface area (TPSA) is 35.9 Å². The lowest BCUT2D eigenvalue weighted by atomic mass is 10.0. The normalized spacial score (nSPS) is 19.3. The van der Waals surface area contributed by atoms with E-state index >= 15 is 0 Å². The first kappa shape index (κ1) is 17.3. The fourth-order valence-electron chi connectivity index (χ4n) is 3.09. The van der Waals surface area contributed by atoms with Gasteiger partial charge in [0.15, 0.2) is 0 Å². The summed E-state index contributed by atoms with van der Waals surface area (Å²) in [4.78, 5) is 4.39. The Hall–Kier alpha value is -1.01. The molecule has 0 saturated carbocycles. The highest BCUT2D eigenvalue weighted by atomic mass is 19.1. The number of benzene rings is 1. The van der Waals surface area contributed by atoms with Crippen LogP contribution in [0.1, 0.15) is 24.9 Å². The minimum absolute atomic E-state index is 0.194. The van der Waals surface area contributed by atoms with Crippen LogP contribution in [0.2, 0.25) is 0 Å². The fraction of sp³-hybridized carbons (Fsp3) is 0.647. The third-order valence-corrected chi connectivity index (χ3v) is 4.24. The molecule has 2 atom stereocenters. The molecule has 2 unspecified atom stereocenters. The van der Waals surface area contributed by atoms with E-state index in [1.165, 1.54) is 12.1 Å². The van der Waals surface area contributed by atoms with Gasteiger partial charge in [-0.15, -0.1) is 0 Å². The second kappa shape index (κ2) is 8.58. The maximum Gasteiger partial charge on any atom is 0.123 e. The highest BCUT2D eigenvalue weighted by Crippen LogP contribution is 2.23. The zero-order valence-electron chi connectivity index (χ0n) is 13.5. The third kappa shape index (κ3) is 5.02. The van der Waals surface area contributed by atoms with Crippen LogP contribution in [0.25, 0.3) is 0 Å². The Morgan fingerprint density at radius 1 is 1.27 bits per heavy atom. The average molecular weight is 310 g/mol. The van der Waals surface area contributed by atoms with E-state index in [0.717, 1.165) is 38.3 Å². The van der Waals surface area contributed by atoms with Gasteiger partial charge < -0.3 is 9.84 Å². The monoisotopic (exact) mass is 310 g/mol. The van der Waals surface area contributed by atoms with Gasteiger partial charge >= 0.3 is 0 Å². The molecule has 0 spiro atoms. The largest absolute Gasteiger partial charge is 0.390 e. The number of hydrogen-bond donors (Lipinski definition) is 1. The van der Waals surface area contributed by atoms with E-state index in [0.29, 0.717) is 13.1 Å². The number of aliphatic hydroxyl groups is 1. The maximum absolute atomic E-state index is 13.1. The number of halogens is 1. The van der Waals surface area contributed by atoms with Gasteiger partial charge in [-0.3, -0.25) is 9.80 Å². The van der Waals surface area contributed by atoms with Crippen molar-refractivity contribution in [2.75, 3.05) is 46.4 Å². The highest BCUT2D eigenvalue weighted by Gasteiger charge is 2.20.